The fraction of sp³-hybridized carbons (Fsp3) is 0.647. The quantitative estimate of drug-likeness (QED) is 0.914. The third kappa shape index (κ3) is 2.77. The number of methoxy groups -OCH3 is 1. The first-order valence-corrected chi connectivity index (χ1v) is 9.72. The second kappa shape index (κ2) is 6.07. The van der Waals surface area contributed by atoms with Crippen LogP contribution in [0.1, 0.15) is 32.6 Å². The minimum Gasteiger partial charge on any atom is -0.495 e. The van der Waals surface area contributed by atoms with Crippen molar-refractivity contribution in [3.8, 4) is 5.75 Å². The molecule has 3 atom stereocenters. The Morgan fingerprint density at radius 1 is 1.35 bits per heavy atom. The van der Waals surface area contributed by atoms with Crippen LogP contribution in [0.4, 0.5) is 0 Å². The Morgan fingerprint density at radius 2 is 2.09 bits per heavy atom. The molecule has 0 radical (unpaired) electrons. The molecule has 2 fully saturated rings. The first-order valence-electron chi connectivity index (χ1n) is 8.28. The van der Waals surface area contributed by atoms with Crippen LogP contribution in [0.5, 0.6) is 5.75 Å². The predicted octanol–water partition coefficient (Wildman–Crippen LogP) is 2.26. The number of para-hydroxylation sites is 1. The maximum Gasteiger partial charge on any atom is 0.246 e. The van der Waals surface area contributed by atoms with E-state index in [1.807, 2.05) is 6.92 Å². The molecule has 1 aliphatic heterocycles. The lowest BCUT2D eigenvalue weighted by Crippen LogP contribution is -2.44. The minimum absolute atomic E-state index is 0.0331. The fourth-order valence-electron chi connectivity index (χ4n) is 4.19. The Balaban J connectivity index is 1.91. The summed E-state index contributed by atoms with van der Waals surface area (Å²) >= 11 is 0. The first kappa shape index (κ1) is 16.7. The number of hydrogen-bond acceptors (Lipinski definition) is 4. The van der Waals surface area contributed by atoms with E-state index < -0.39 is 15.6 Å². The third-order valence-corrected chi connectivity index (χ3v) is 7.45. The van der Waals surface area contributed by atoms with Crippen LogP contribution in [-0.2, 0) is 10.0 Å². The van der Waals surface area contributed by atoms with Crippen LogP contribution in [0.15, 0.2) is 29.2 Å². The van der Waals surface area contributed by atoms with Gasteiger partial charge in [0.1, 0.15) is 10.6 Å². The molecule has 1 saturated heterocycles. The van der Waals surface area contributed by atoms with E-state index >= 15 is 0 Å². The molecule has 1 aromatic carbocycles. The number of aliphatic hydroxyl groups is 1. The lowest BCUT2D eigenvalue weighted by atomic mass is 9.69. The first-order chi connectivity index (χ1) is 10.9. The highest BCUT2D eigenvalue weighted by atomic mass is 32.2. The highest BCUT2D eigenvalue weighted by Crippen LogP contribution is 2.45. The Morgan fingerprint density at radius 3 is 2.78 bits per heavy atom. The number of rotatable bonds is 4. The maximum absolute atomic E-state index is 13.0. The predicted molar refractivity (Wildman–Crippen MR) is 87.8 cm³/mol. The molecule has 0 bridgehead atoms. The number of hydrogen-bond donors (Lipinski definition) is 1. The summed E-state index contributed by atoms with van der Waals surface area (Å²) in [6.45, 7) is 2.88. The molecule has 0 unspecified atom stereocenters. The maximum atomic E-state index is 13.0. The van der Waals surface area contributed by atoms with Gasteiger partial charge < -0.3 is 9.84 Å². The Labute approximate surface area is 138 Å². The van der Waals surface area contributed by atoms with Gasteiger partial charge in [-0.1, -0.05) is 25.5 Å². The monoisotopic (exact) mass is 339 g/mol. The van der Waals surface area contributed by atoms with Crippen molar-refractivity contribution in [1.29, 1.82) is 0 Å². The molecule has 1 saturated carbocycles. The van der Waals surface area contributed by atoms with E-state index in [4.69, 9.17) is 4.74 Å². The lowest BCUT2D eigenvalue weighted by molar-refractivity contribution is -0.0605. The third-order valence-electron chi connectivity index (χ3n) is 5.58. The summed E-state index contributed by atoms with van der Waals surface area (Å²) in [5, 5.41) is 10.9. The molecule has 5 nitrogen and oxygen atoms in total. The van der Waals surface area contributed by atoms with Gasteiger partial charge >= 0.3 is 0 Å². The molecular formula is C17H25NO4S. The molecule has 0 spiro atoms. The van der Waals surface area contributed by atoms with Crippen LogP contribution in [-0.4, -0.2) is 43.6 Å². The van der Waals surface area contributed by atoms with Gasteiger partial charge in [0.25, 0.3) is 0 Å². The minimum atomic E-state index is -3.60. The average molecular weight is 339 g/mol. The Kier molecular flexibility index (Phi) is 4.42. The van der Waals surface area contributed by atoms with Crippen molar-refractivity contribution >= 4 is 10.0 Å². The van der Waals surface area contributed by atoms with Crippen LogP contribution < -0.4 is 4.74 Å². The second-order valence-electron chi connectivity index (χ2n) is 6.69. The smallest absolute Gasteiger partial charge is 0.246 e. The zero-order valence-electron chi connectivity index (χ0n) is 13.7. The number of nitrogens with zero attached hydrogens (tertiary/aromatic N) is 1. The van der Waals surface area contributed by atoms with Gasteiger partial charge in [0.2, 0.25) is 10.0 Å². The summed E-state index contributed by atoms with van der Waals surface area (Å²) in [6, 6.07) is 6.72. The summed E-state index contributed by atoms with van der Waals surface area (Å²) in [6.07, 6.45) is 3.41. The largest absolute Gasteiger partial charge is 0.495 e. The Bertz CT molecular complexity index is 675. The summed E-state index contributed by atoms with van der Waals surface area (Å²) in [4.78, 5) is 0.209. The molecule has 1 aromatic rings. The standard InChI is InChI=1S/C17H25NO4S/c1-3-17(19)10-6-7-13-11-18(12-14(13)17)23(20,21)16-9-5-4-8-15(16)22-2/h4-5,8-9,13-14,19H,3,6-7,10-12H2,1-2H3/t13-,14+,17-/m1/s1. The zero-order chi connectivity index (χ0) is 16.7. The van der Waals surface area contributed by atoms with Crippen LogP contribution in [0.25, 0.3) is 0 Å². The summed E-state index contributed by atoms with van der Waals surface area (Å²) in [7, 11) is -2.12. The molecule has 6 heteroatoms. The topological polar surface area (TPSA) is 66.8 Å². The van der Waals surface area contributed by atoms with E-state index in [0.29, 0.717) is 25.3 Å². The SMILES string of the molecule is CC[C@@]1(O)CCC[C@@H]2CN(S(=O)(=O)c3ccccc3OC)C[C@@H]21. The van der Waals surface area contributed by atoms with Crippen molar-refractivity contribution in [2.45, 2.75) is 43.1 Å². The molecule has 2 aliphatic rings. The van der Waals surface area contributed by atoms with Crippen molar-refractivity contribution in [2.75, 3.05) is 20.2 Å². The van der Waals surface area contributed by atoms with E-state index in [1.165, 1.54) is 11.4 Å². The molecule has 1 aliphatic carbocycles. The van der Waals surface area contributed by atoms with Gasteiger partial charge in [-0.05, 0) is 37.3 Å². The average Bonchev–Trinajstić information content (AvgIpc) is 3.01. The van der Waals surface area contributed by atoms with Crippen molar-refractivity contribution in [2.24, 2.45) is 11.8 Å². The summed E-state index contributed by atoms with van der Waals surface area (Å²) < 4.78 is 32.8. The van der Waals surface area contributed by atoms with Gasteiger partial charge in [-0.2, -0.15) is 4.31 Å². The summed E-state index contributed by atoms with van der Waals surface area (Å²) in [5.74, 6) is 0.650. The molecular weight excluding hydrogens is 314 g/mol. The van der Waals surface area contributed by atoms with Gasteiger partial charge in [0.05, 0.1) is 12.7 Å². The highest BCUT2D eigenvalue weighted by molar-refractivity contribution is 7.89. The molecule has 3 rings (SSSR count). The number of fused-ring (bicyclic) bond motifs is 1. The molecule has 1 N–H and O–H groups in total. The van der Waals surface area contributed by atoms with E-state index in [1.54, 1.807) is 24.3 Å². The highest BCUT2D eigenvalue weighted by Gasteiger charge is 2.50. The van der Waals surface area contributed by atoms with E-state index in [-0.39, 0.29) is 16.7 Å². The van der Waals surface area contributed by atoms with Crippen LogP contribution in [0.3, 0.4) is 0 Å². The Hall–Kier alpha value is -1.11. The van der Waals surface area contributed by atoms with Crippen LogP contribution in [0.2, 0.25) is 0 Å². The molecule has 128 valence electrons. The van der Waals surface area contributed by atoms with Crippen molar-refractivity contribution in [1.82, 2.24) is 4.31 Å². The van der Waals surface area contributed by atoms with Gasteiger partial charge in [-0.25, -0.2) is 8.42 Å². The van der Waals surface area contributed by atoms with Crippen LogP contribution in [0, 0.1) is 11.8 Å². The van der Waals surface area contributed by atoms with Gasteiger partial charge in [0, 0.05) is 19.0 Å². The number of sulfonamides is 1. The van der Waals surface area contributed by atoms with E-state index in [0.717, 1.165) is 19.3 Å². The number of ether oxygens (including phenoxy) is 1. The zero-order valence-corrected chi connectivity index (χ0v) is 14.6. The number of benzene rings is 1. The van der Waals surface area contributed by atoms with Crippen molar-refractivity contribution in [3.05, 3.63) is 24.3 Å². The van der Waals surface area contributed by atoms with Crippen molar-refractivity contribution in [3.63, 3.8) is 0 Å². The lowest BCUT2D eigenvalue weighted by Gasteiger charge is -2.40. The molecule has 0 aromatic heterocycles. The summed E-state index contributed by atoms with van der Waals surface area (Å²) in [5.41, 5.74) is -0.728. The normalized spacial score (nSPS) is 31.8. The van der Waals surface area contributed by atoms with Gasteiger partial charge in [0.15, 0.2) is 0 Å². The van der Waals surface area contributed by atoms with E-state index in [9.17, 15) is 13.5 Å². The molecule has 23 heavy (non-hydrogen) atoms. The van der Waals surface area contributed by atoms with Crippen molar-refractivity contribution < 1.29 is 18.3 Å². The van der Waals surface area contributed by atoms with E-state index in [2.05, 4.69) is 0 Å². The van der Waals surface area contributed by atoms with Gasteiger partial charge in [-0.3, -0.25) is 0 Å². The molecule has 1 heterocycles. The molecule has 0 amide bonds. The van der Waals surface area contributed by atoms with Crippen LogP contribution >= 0.6 is 0 Å². The second-order valence-corrected chi connectivity index (χ2v) is 8.60. The van der Waals surface area contributed by atoms with Gasteiger partial charge in [-0.15, -0.1) is 0 Å². The fourth-order valence-corrected chi connectivity index (χ4v) is 5.87.